The van der Waals surface area contributed by atoms with Gasteiger partial charge in [-0.1, -0.05) is 39.0 Å². The van der Waals surface area contributed by atoms with E-state index in [1.165, 1.54) is 11.1 Å². The van der Waals surface area contributed by atoms with Crippen LogP contribution in [0, 0.1) is 11.5 Å². The minimum absolute atomic E-state index is 0. The molecule has 0 saturated carbocycles. The molecule has 1 atom stereocenters. The Morgan fingerprint density at radius 3 is 2.35 bits per heavy atom. The van der Waals surface area contributed by atoms with Crippen LogP contribution in [-0.2, 0) is 26.5 Å². The van der Waals surface area contributed by atoms with E-state index in [0.717, 1.165) is 19.3 Å². The number of hydrogen-bond acceptors (Lipinski definition) is 1. The van der Waals surface area contributed by atoms with Gasteiger partial charge in [0.15, 0.2) is 0 Å². The van der Waals surface area contributed by atoms with Gasteiger partial charge in [0, 0.05) is 0 Å². The zero-order valence-electron chi connectivity index (χ0n) is 14.7. The molecule has 1 nitrogen and oxygen atoms in total. The monoisotopic (exact) mass is 389 g/mol. The predicted octanol–water partition coefficient (Wildman–Crippen LogP) is -0.832. The van der Waals surface area contributed by atoms with E-state index in [4.69, 9.17) is 4.74 Å². The van der Waals surface area contributed by atoms with E-state index in [1.807, 2.05) is 0 Å². The molecule has 0 amide bonds. The number of ether oxygens (including phenoxy) is 1. The summed E-state index contributed by atoms with van der Waals surface area (Å²) in [5.41, 5.74) is 2.59. The van der Waals surface area contributed by atoms with Crippen molar-refractivity contribution in [1.29, 1.82) is 0 Å². The summed E-state index contributed by atoms with van der Waals surface area (Å²) in [6.45, 7) is 11.1. The molecule has 0 heterocycles. The number of allylic oxidation sites excluding steroid dienone is 5. The van der Waals surface area contributed by atoms with Gasteiger partial charge in [-0.15, -0.1) is 6.42 Å². The smallest absolute Gasteiger partial charge is 1.00 e. The average Bonchev–Trinajstić information content (AvgIpc) is 2.79. The molecule has 0 fully saturated rings. The molecular weight excluding hydrogens is 363 g/mol. The fraction of sp³-hybridized carbons (Fsp3) is 0.579. The van der Waals surface area contributed by atoms with Gasteiger partial charge in [0.05, 0.1) is 11.7 Å². The van der Waals surface area contributed by atoms with Crippen molar-refractivity contribution in [1.82, 2.24) is 0 Å². The molecule has 2 aliphatic carbocycles. The zero-order valence-corrected chi connectivity index (χ0v) is 17.8. The Hall–Kier alpha value is 0.214. The molecule has 0 saturated heterocycles. The summed E-state index contributed by atoms with van der Waals surface area (Å²) in [5, 5.41) is 0. The predicted molar refractivity (Wildman–Crippen MR) is 85.4 cm³/mol. The van der Waals surface area contributed by atoms with Crippen LogP contribution < -0.4 is 24.8 Å². The van der Waals surface area contributed by atoms with Gasteiger partial charge < -0.3 is 29.6 Å². The van der Waals surface area contributed by atoms with E-state index in [0.29, 0.717) is 0 Å². The molecular formula is C19H27Cl2OTi. The van der Waals surface area contributed by atoms with Crippen LogP contribution in [0.5, 0.6) is 0 Å². The molecule has 0 spiro atoms. The molecule has 0 N–H and O–H groups in total. The standard InChI is InChI=1S/C19H27O.2ClH.Ti/c1-15(2)20-19(14-16-10-6-7-11-16)13-9-8-12-17(19)18(3,4)5;;;/h6,8-10,12,15H,7,13-14H2,1-5H3;2*1H;/q-1;;;+3/p-2. The van der Waals surface area contributed by atoms with Gasteiger partial charge in [0.2, 0.25) is 0 Å². The van der Waals surface area contributed by atoms with E-state index in [9.17, 15) is 0 Å². The second kappa shape index (κ2) is 10.3. The summed E-state index contributed by atoms with van der Waals surface area (Å²) in [5.74, 6) is 0. The van der Waals surface area contributed by atoms with Gasteiger partial charge in [-0.3, -0.25) is 6.08 Å². The van der Waals surface area contributed by atoms with Crippen LogP contribution >= 0.6 is 0 Å². The van der Waals surface area contributed by atoms with Crippen molar-refractivity contribution < 1.29 is 51.3 Å². The maximum absolute atomic E-state index is 6.47. The van der Waals surface area contributed by atoms with Crippen molar-refractivity contribution >= 4 is 0 Å². The van der Waals surface area contributed by atoms with Gasteiger partial charge in [-0.2, -0.15) is 6.08 Å². The van der Waals surface area contributed by atoms with Crippen molar-refractivity contribution in [3.63, 3.8) is 0 Å². The third kappa shape index (κ3) is 6.55. The Morgan fingerprint density at radius 1 is 1.22 bits per heavy atom. The maximum atomic E-state index is 6.47. The van der Waals surface area contributed by atoms with Crippen molar-refractivity contribution in [2.45, 2.75) is 65.6 Å². The summed E-state index contributed by atoms with van der Waals surface area (Å²) < 4.78 is 6.47. The molecule has 0 aromatic carbocycles. The summed E-state index contributed by atoms with van der Waals surface area (Å²) >= 11 is 0. The fourth-order valence-electron chi connectivity index (χ4n) is 3.27. The number of hydrogen-bond donors (Lipinski definition) is 0. The van der Waals surface area contributed by atoms with Gasteiger partial charge in [0.25, 0.3) is 0 Å². The van der Waals surface area contributed by atoms with E-state index >= 15 is 0 Å². The van der Waals surface area contributed by atoms with Crippen LogP contribution in [0.15, 0.2) is 41.5 Å². The third-order valence-corrected chi connectivity index (χ3v) is 3.85. The molecule has 0 bridgehead atoms. The molecule has 4 heteroatoms. The summed E-state index contributed by atoms with van der Waals surface area (Å²) in [4.78, 5) is 0. The first-order valence-corrected chi connectivity index (χ1v) is 7.65. The second-order valence-corrected chi connectivity index (χ2v) is 7.11. The second-order valence-electron chi connectivity index (χ2n) is 7.11. The van der Waals surface area contributed by atoms with Gasteiger partial charge in [0.1, 0.15) is 0 Å². The van der Waals surface area contributed by atoms with Crippen LogP contribution in [0.3, 0.4) is 0 Å². The molecule has 23 heavy (non-hydrogen) atoms. The number of halogens is 2. The first-order chi connectivity index (χ1) is 9.33. The first-order valence-electron chi connectivity index (χ1n) is 7.65. The van der Waals surface area contributed by atoms with Gasteiger partial charge >= 0.3 is 21.7 Å². The Labute approximate surface area is 169 Å². The van der Waals surface area contributed by atoms with Crippen LogP contribution in [0.4, 0.5) is 0 Å². The maximum Gasteiger partial charge on any atom is 3.00 e. The van der Waals surface area contributed by atoms with Crippen molar-refractivity contribution in [3.05, 3.63) is 47.6 Å². The average molecular weight is 390 g/mol. The van der Waals surface area contributed by atoms with Gasteiger partial charge in [-0.05, 0) is 37.7 Å². The Bertz CT molecular complexity index is 484. The molecule has 1 radical (unpaired) electrons. The molecule has 0 aliphatic heterocycles. The minimum atomic E-state index is -0.210. The Morgan fingerprint density at radius 2 is 1.87 bits per heavy atom. The van der Waals surface area contributed by atoms with Crippen LogP contribution in [-0.4, -0.2) is 11.7 Å². The summed E-state index contributed by atoms with van der Waals surface area (Å²) in [7, 11) is 0. The van der Waals surface area contributed by atoms with Crippen LogP contribution in [0.2, 0.25) is 0 Å². The van der Waals surface area contributed by atoms with Gasteiger partial charge in [-0.25, -0.2) is 11.6 Å². The van der Waals surface area contributed by atoms with E-state index in [2.05, 4.69) is 71.1 Å². The van der Waals surface area contributed by atoms with E-state index in [1.54, 1.807) is 0 Å². The quantitative estimate of drug-likeness (QED) is 0.450. The molecule has 2 aliphatic rings. The van der Waals surface area contributed by atoms with Crippen LogP contribution in [0.25, 0.3) is 0 Å². The van der Waals surface area contributed by atoms with Crippen molar-refractivity contribution in [3.8, 4) is 0 Å². The topological polar surface area (TPSA) is 9.23 Å². The zero-order chi connectivity index (χ0) is 14.8. The Balaban J connectivity index is 0. The molecule has 1 unspecified atom stereocenters. The molecule has 127 valence electrons. The third-order valence-electron chi connectivity index (χ3n) is 3.85. The normalized spacial score (nSPS) is 22.7. The van der Waals surface area contributed by atoms with Crippen molar-refractivity contribution in [2.75, 3.05) is 0 Å². The van der Waals surface area contributed by atoms with E-state index in [-0.39, 0.29) is 63.7 Å². The first kappa shape index (κ1) is 25.5. The SMILES string of the molecule is CC(C)OC1(CC2=[C-]CC=C2)CC=CC=C1C(C)(C)C.[Cl-].[Cl-].[Ti+3]. The molecule has 2 rings (SSSR count). The largest absolute Gasteiger partial charge is 3.00 e. The Kier molecular flexibility index (Phi) is 11.4. The van der Waals surface area contributed by atoms with E-state index < -0.39 is 0 Å². The minimum Gasteiger partial charge on any atom is -1.00 e. The van der Waals surface area contributed by atoms with Crippen molar-refractivity contribution in [2.24, 2.45) is 5.41 Å². The summed E-state index contributed by atoms with van der Waals surface area (Å²) in [6.07, 6.45) is 17.5. The fourth-order valence-corrected chi connectivity index (χ4v) is 3.27. The summed E-state index contributed by atoms with van der Waals surface area (Å²) in [6, 6.07) is 0. The number of rotatable bonds is 4. The molecule has 0 aromatic heterocycles. The van der Waals surface area contributed by atoms with Crippen LogP contribution in [0.1, 0.15) is 53.9 Å². The molecule has 0 aromatic rings.